The highest BCUT2D eigenvalue weighted by atomic mass is 32.1. The van der Waals surface area contributed by atoms with Gasteiger partial charge in [-0.05, 0) is 36.2 Å². The average molecular weight is 313 g/mol. The van der Waals surface area contributed by atoms with Crippen LogP contribution in [0.3, 0.4) is 0 Å². The van der Waals surface area contributed by atoms with E-state index in [1.807, 2.05) is 30.3 Å². The van der Waals surface area contributed by atoms with Gasteiger partial charge in [0.2, 0.25) is 5.91 Å². The van der Waals surface area contributed by atoms with Crippen molar-refractivity contribution in [3.05, 3.63) is 48.3 Å². The highest BCUT2D eigenvalue weighted by Crippen LogP contribution is 2.29. The molecule has 0 unspecified atom stereocenters. The Labute approximate surface area is 132 Å². The molecule has 0 aliphatic heterocycles. The van der Waals surface area contributed by atoms with Crippen LogP contribution in [0.5, 0.6) is 5.75 Å². The summed E-state index contributed by atoms with van der Waals surface area (Å²) in [4.78, 5) is 20.4. The lowest BCUT2D eigenvalue weighted by molar-refractivity contribution is -0.116. The summed E-state index contributed by atoms with van der Waals surface area (Å²) in [6.45, 7) is 0. The third-order valence-corrected chi connectivity index (χ3v) is 4.14. The Morgan fingerprint density at radius 2 is 2.27 bits per heavy atom. The molecule has 0 aliphatic carbocycles. The maximum absolute atomic E-state index is 12.0. The van der Waals surface area contributed by atoms with Crippen LogP contribution in [0.4, 0.5) is 5.13 Å². The summed E-state index contributed by atoms with van der Waals surface area (Å²) in [6, 6.07) is 9.49. The van der Waals surface area contributed by atoms with E-state index in [1.165, 1.54) is 11.3 Å². The quantitative estimate of drug-likeness (QED) is 0.785. The van der Waals surface area contributed by atoms with Crippen molar-refractivity contribution in [2.75, 3.05) is 12.4 Å². The number of nitrogens with zero attached hydrogens (tertiary/aromatic N) is 2. The largest absolute Gasteiger partial charge is 0.497 e. The highest BCUT2D eigenvalue weighted by Gasteiger charge is 2.09. The van der Waals surface area contributed by atoms with Gasteiger partial charge in [-0.2, -0.15) is 0 Å². The van der Waals surface area contributed by atoms with E-state index < -0.39 is 0 Å². The number of ether oxygens (including phenoxy) is 1. The fourth-order valence-corrected chi connectivity index (χ4v) is 2.98. The van der Waals surface area contributed by atoms with Gasteiger partial charge < -0.3 is 10.1 Å². The Morgan fingerprint density at radius 3 is 3.05 bits per heavy atom. The van der Waals surface area contributed by atoms with E-state index in [2.05, 4.69) is 15.3 Å². The Bertz CT molecular complexity index is 786. The van der Waals surface area contributed by atoms with Gasteiger partial charge >= 0.3 is 0 Å². The van der Waals surface area contributed by atoms with Gasteiger partial charge in [-0.25, -0.2) is 4.98 Å². The van der Waals surface area contributed by atoms with Crippen molar-refractivity contribution in [3.8, 4) is 5.75 Å². The number of methoxy groups -OCH3 is 1. The molecule has 0 radical (unpaired) electrons. The molecule has 0 spiro atoms. The Hall–Kier alpha value is -2.47. The zero-order valence-electron chi connectivity index (χ0n) is 12.1. The first-order chi connectivity index (χ1) is 10.7. The van der Waals surface area contributed by atoms with Gasteiger partial charge in [0.05, 0.1) is 17.3 Å². The van der Waals surface area contributed by atoms with Gasteiger partial charge in [0.1, 0.15) is 5.75 Å². The zero-order valence-corrected chi connectivity index (χ0v) is 12.9. The van der Waals surface area contributed by atoms with Crippen LogP contribution in [0.15, 0.2) is 42.7 Å². The van der Waals surface area contributed by atoms with E-state index in [1.54, 1.807) is 19.5 Å². The van der Waals surface area contributed by atoms with E-state index in [-0.39, 0.29) is 5.91 Å². The molecule has 1 aromatic carbocycles. The predicted octanol–water partition coefficient (Wildman–Crippen LogP) is 3.27. The molecule has 1 amide bonds. The third-order valence-electron chi connectivity index (χ3n) is 3.21. The summed E-state index contributed by atoms with van der Waals surface area (Å²) in [7, 11) is 1.63. The Morgan fingerprint density at radius 1 is 1.36 bits per heavy atom. The molecule has 0 saturated heterocycles. The number of aryl methyl sites for hydroxylation is 1. The summed E-state index contributed by atoms with van der Waals surface area (Å²) in [6.07, 6.45) is 4.57. The van der Waals surface area contributed by atoms with E-state index in [4.69, 9.17) is 4.74 Å². The first-order valence-corrected chi connectivity index (χ1v) is 7.69. The molecule has 0 atom stereocenters. The zero-order chi connectivity index (χ0) is 15.4. The first-order valence-electron chi connectivity index (χ1n) is 6.88. The molecule has 22 heavy (non-hydrogen) atoms. The van der Waals surface area contributed by atoms with Crippen LogP contribution in [0.2, 0.25) is 0 Å². The van der Waals surface area contributed by atoms with Gasteiger partial charge in [-0.3, -0.25) is 9.78 Å². The number of carbonyl (C=O) groups excluding carboxylic acids is 1. The number of carbonyl (C=O) groups is 1. The number of aromatic nitrogens is 2. The second kappa shape index (κ2) is 6.53. The van der Waals surface area contributed by atoms with E-state index in [0.29, 0.717) is 18.0 Å². The minimum absolute atomic E-state index is 0.0464. The lowest BCUT2D eigenvalue weighted by atomic mass is 10.1. The number of fused-ring (bicyclic) bond motifs is 1. The standard InChI is InChI=1S/C16H15N3O2S/c1-21-12-5-6-13-14(9-12)22-16(18-13)19-15(20)7-4-11-3-2-8-17-10-11/h2-3,5-6,8-10H,4,7H2,1H3,(H,18,19,20). The lowest BCUT2D eigenvalue weighted by Gasteiger charge is -2.01. The van der Waals surface area contributed by atoms with Gasteiger partial charge in [0, 0.05) is 18.8 Å². The van der Waals surface area contributed by atoms with Crippen LogP contribution in [0, 0.1) is 0 Å². The number of anilines is 1. The number of hydrogen-bond donors (Lipinski definition) is 1. The van der Waals surface area contributed by atoms with Crippen LogP contribution < -0.4 is 10.1 Å². The van der Waals surface area contributed by atoms with Crippen molar-refractivity contribution < 1.29 is 9.53 Å². The van der Waals surface area contributed by atoms with Crippen LogP contribution in [0.1, 0.15) is 12.0 Å². The van der Waals surface area contributed by atoms with E-state index >= 15 is 0 Å². The summed E-state index contributed by atoms with van der Waals surface area (Å²) in [5.74, 6) is 0.737. The molecular weight excluding hydrogens is 298 g/mol. The maximum Gasteiger partial charge on any atom is 0.226 e. The number of benzene rings is 1. The molecule has 3 rings (SSSR count). The van der Waals surface area contributed by atoms with Crippen LogP contribution >= 0.6 is 11.3 Å². The number of thiazole rings is 1. The molecule has 1 N–H and O–H groups in total. The number of amides is 1. The number of hydrogen-bond acceptors (Lipinski definition) is 5. The number of nitrogens with one attached hydrogen (secondary N) is 1. The summed E-state index contributed by atoms with van der Waals surface area (Å²) in [5.41, 5.74) is 1.90. The normalized spacial score (nSPS) is 10.6. The van der Waals surface area contributed by atoms with E-state index in [9.17, 15) is 4.79 Å². The van der Waals surface area contributed by atoms with Gasteiger partial charge in [-0.15, -0.1) is 0 Å². The van der Waals surface area contributed by atoms with Crippen molar-refractivity contribution in [2.24, 2.45) is 0 Å². The Kier molecular flexibility index (Phi) is 4.29. The fourth-order valence-electron chi connectivity index (χ4n) is 2.07. The van der Waals surface area contributed by atoms with Crippen LogP contribution in [-0.2, 0) is 11.2 Å². The third kappa shape index (κ3) is 3.40. The minimum atomic E-state index is -0.0464. The van der Waals surface area contributed by atoms with Crippen molar-refractivity contribution in [1.29, 1.82) is 0 Å². The Balaban J connectivity index is 1.63. The number of pyridine rings is 1. The van der Waals surface area contributed by atoms with Crippen molar-refractivity contribution >= 4 is 32.6 Å². The minimum Gasteiger partial charge on any atom is -0.497 e. The van der Waals surface area contributed by atoms with Gasteiger partial charge in [0.15, 0.2) is 5.13 Å². The molecule has 2 heterocycles. The van der Waals surface area contributed by atoms with Gasteiger partial charge in [-0.1, -0.05) is 17.4 Å². The highest BCUT2D eigenvalue weighted by molar-refractivity contribution is 7.22. The molecule has 2 aromatic heterocycles. The fraction of sp³-hybridized carbons (Fsp3) is 0.188. The average Bonchev–Trinajstić information content (AvgIpc) is 2.95. The summed E-state index contributed by atoms with van der Waals surface area (Å²) < 4.78 is 6.17. The second-order valence-electron chi connectivity index (χ2n) is 4.76. The molecule has 6 heteroatoms. The first kappa shape index (κ1) is 14.5. The molecule has 0 aliphatic rings. The molecule has 112 valence electrons. The van der Waals surface area contributed by atoms with Crippen molar-refractivity contribution in [3.63, 3.8) is 0 Å². The SMILES string of the molecule is COc1ccc2nc(NC(=O)CCc3cccnc3)sc2c1. The predicted molar refractivity (Wildman–Crippen MR) is 87.4 cm³/mol. The molecule has 3 aromatic rings. The van der Waals surface area contributed by atoms with Crippen molar-refractivity contribution in [2.45, 2.75) is 12.8 Å². The molecular formula is C16H15N3O2S. The molecule has 0 saturated carbocycles. The maximum atomic E-state index is 12.0. The topological polar surface area (TPSA) is 64.1 Å². The van der Waals surface area contributed by atoms with Gasteiger partial charge in [0.25, 0.3) is 0 Å². The van der Waals surface area contributed by atoms with Crippen LogP contribution in [-0.4, -0.2) is 23.0 Å². The molecule has 5 nitrogen and oxygen atoms in total. The van der Waals surface area contributed by atoms with E-state index in [0.717, 1.165) is 21.5 Å². The second-order valence-corrected chi connectivity index (χ2v) is 5.79. The van der Waals surface area contributed by atoms with Crippen LogP contribution in [0.25, 0.3) is 10.2 Å². The summed E-state index contributed by atoms with van der Waals surface area (Å²) >= 11 is 1.44. The molecule has 0 fully saturated rings. The smallest absolute Gasteiger partial charge is 0.226 e. The monoisotopic (exact) mass is 313 g/mol. The lowest BCUT2D eigenvalue weighted by Crippen LogP contribution is -2.12. The summed E-state index contributed by atoms with van der Waals surface area (Å²) in [5, 5.41) is 3.46. The molecule has 0 bridgehead atoms. The van der Waals surface area contributed by atoms with Crippen molar-refractivity contribution in [1.82, 2.24) is 9.97 Å². The number of rotatable bonds is 5.